The van der Waals surface area contributed by atoms with E-state index in [1.807, 2.05) is 25.2 Å². The molecule has 1 aliphatic carbocycles. The molecule has 0 unspecified atom stereocenters. The van der Waals surface area contributed by atoms with E-state index in [-0.39, 0.29) is 21.4 Å². The predicted molar refractivity (Wildman–Crippen MR) is 153 cm³/mol. The Balaban J connectivity index is 1.35. The molecule has 1 aromatic carbocycles. The summed E-state index contributed by atoms with van der Waals surface area (Å²) in [5.74, 6) is 0.0828. The number of carbonyl (C=O) groups excluding carboxylic acids is 1. The molecule has 0 spiro atoms. The Morgan fingerprint density at radius 3 is 2.46 bits per heavy atom. The number of anilines is 1. The van der Waals surface area contributed by atoms with Crippen LogP contribution in [0.4, 0.5) is 5.13 Å². The van der Waals surface area contributed by atoms with Gasteiger partial charge < -0.3 is 9.64 Å². The van der Waals surface area contributed by atoms with Crippen molar-refractivity contribution < 1.29 is 17.9 Å². The van der Waals surface area contributed by atoms with E-state index < -0.39 is 15.7 Å². The first-order valence-corrected chi connectivity index (χ1v) is 15.5. The topological polar surface area (TPSA) is 117 Å². The summed E-state index contributed by atoms with van der Waals surface area (Å²) in [5, 5.41) is 9.50. The number of fused-ring (bicyclic) bond motifs is 1. The summed E-state index contributed by atoms with van der Waals surface area (Å²) >= 11 is 1.26. The number of likely N-dealkylation sites (N-methyl/N-ethyl adjacent to an activating group) is 1. The summed E-state index contributed by atoms with van der Waals surface area (Å²) in [6, 6.07) is 10.0. The number of amides is 1. The van der Waals surface area contributed by atoms with Gasteiger partial charge in [0.05, 0.1) is 10.1 Å². The van der Waals surface area contributed by atoms with Gasteiger partial charge in [0, 0.05) is 30.3 Å². The second-order valence-corrected chi connectivity index (χ2v) is 14.0. The third-order valence-corrected chi connectivity index (χ3v) is 10.4. The fraction of sp³-hybridized carbons (Fsp3) is 0.481. The van der Waals surface area contributed by atoms with Crippen molar-refractivity contribution in [3.63, 3.8) is 0 Å². The summed E-state index contributed by atoms with van der Waals surface area (Å²) in [6.07, 6.45) is 3.42. The van der Waals surface area contributed by atoms with Crippen molar-refractivity contribution >= 4 is 48.3 Å². The minimum absolute atomic E-state index is 0.158. The van der Waals surface area contributed by atoms with Gasteiger partial charge in [0.2, 0.25) is 5.88 Å². The van der Waals surface area contributed by atoms with E-state index in [9.17, 15) is 13.2 Å². The highest BCUT2D eigenvalue weighted by atomic mass is 32.2. The van der Waals surface area contributed by atoms with Gasteiger partial charge in [-0.15, -0.1) is 0 Å². The molecule has 0 radical (unpaired) electrons. The van der Waals surface area contributed by atoms with Crippen LogP contribution in [0.2, 0.25) is 0 Å². The molecule has 1 saturated carbocycles. The first-order valence-electron chi connectivity index (χ1n) is 13.1. The molecule has 5 rings (SSSR count). The Morgan fingerprint density at radius 2 is 1.82 bits per heavy atom. The Bertz CT molecular complexity index is 1490. The fourth-order valence-corrected chi connectivity index (χ4v) is 6.50. The number of aromatic nitrogens is 2. The zero-order chi connectivity index (χ0) is 27.8. The number of rotatable bonds is 10. The maximum atomic E-state index is 13.5. The average molecular weight is 571 g/mol. The van der Waals surface area contributed by atoms with Crippen LogP contribution in [-0.2, 0) is 14.6 Å². The second kappa shape index (κ2) is 10.8. The predicted octanol–water partition coefficient (Wildman–Crippen LogP) is 3.79. The molecule has 2 fully saturated rings. The molecule has 1 saturated heterocycles. The normalized spacial score (nSPS) is 16.7. The van der Waals surface area contributed by atoms with Gasteiger partial charge in [0.1, 0.15) is 17.0 Å². The van der Waals surface area contributed by atoms with E-state index in [1.165, 1.54) is 11.3 Å². The second-order valence-electron chi connectivity index (χ2n) is 10.8. The third-order valence-electron chi connectivity index (χ3n) is 7.19. The van der Waals surface area contributed by atoms with E-state index in [0.717, 1.165) is 25.9 Å². The van der Waals surface area contributed by atoms with E-state index in [4.69, 9.17) is 4.74 Å². The van der Waals surface area contributed by atoms with Crippen LogP contribution in [0.3, 0.4) is 0 Å². The number of hydrogen-bond donors (Lipinski definition) is 1. The van der Waals surface area contributed by atoms with Crippen LogP contribution in [-0.4, -0.2) is 84.5 Å². The lowest BCUT2D eigenvalue weighted by atomic mass is 10.1. The van der Waals surface area contributed by atoms with Gasteiger partial charge in [-0.1, -0.05) is 23.5 Å². The summed E-state index contributed by atoms with van der Waals surface area (Å²) in [5.41, 5.74) is 1.26. The summed E-state index contributed by atoms with van der Waals surface area (Å²) in [6.45, 7) is 6.18. The van der Waals surface area contributed by atoms with Crippen LogP contribution in [0.25, 0.3) is 10.3 Å². The molecule has 1 amide bonds. The number of hydrazone groups is 1. The number of benzene rings is 1. The van der Waals surface area contributed by atoms with Crippen LogP contribution in [0.5, 0.6) is 5.88 Å². The Kier molecular flexibility index (Phi) is 7.62. The van der Waals surface area contributed by atoms with E-state index in [0.29, 0.717) is 46.4 Å². The maximum absolute atomic E-state index is 13.5. The quantitative estimate of drug-likeness (QED) is 0.366. The molecule has 1 N–H and O–H groups in total. The number of ether oxygens (including phenoxy) is 1. The summed E-state index contributed by atoms with van der Waals surface area (Å²) in [4.78, 5) is 25.6. The van der Waals surface area contributed by atoms with Crippen LogP contribution >= 0.6 is 11.3 Å². The van der Waals surface area contributed by atoms with Crippen molar-refractivity contribution in [3.8, 4) is 5.88 Å². The molecule has 12 heteroatoms. The molecule has 208 valence electrons. The highest BCUT2D eigenvalue weighted by Gasteiger charge is 2.37. The lowest BCUT2D eigenvalue weighted by Gasteiger charge is -2.31. The van der Waals surface area contributed by atoms with Crippen LogP contribution in [0, 0.1) is 0 Å². The molecule has 2 aromatic heterocycles. The molecule has 2 aliphatic rings. The SMILES string of the molecule is CN(C)C(C)(C)COc1ccc2nc(NC(=O)C(=NN3CCCC3)c3ccc(S(=O)(=O)C4CC4)cc3)sc2n1. The first kappa shape index (κ1) is 27.5. The van der Waals surface area contributed by atoms with Crippen LogP contribution < -0.4 is 10.1 Å². The molecule has 10 nitrogen and oxygen atoms in total. The average Bonchev–Trinajstić information content (AvgIpc) is 3.51. The standard InChI is InChI=1S/C27H34N6O4S2/c1-27(2,32(3)4)17-37-22-14-13-21-25(29-22)38-26(28-21)30-24(34)23(31-33-15-5-6-16-33)18-7-9-19(10-8-18)39(35,36)20-11-12-20/h7-10,13-14,20H,5-6,11-12,15-17H2,1-4H3,(H,28,30,34). The third kappa shape index (κ3) is 6.23. The first-order chi connectivity index (χ1) is 18.5. The van der Waals surface area contributed by atoms with Gasteiger partial charge in [-0.2, -0.15) is 5.10 Å². The highest BCUT2D eigenvalue weighted by Crippen LogP contribution is 2.33. The van der Waals surface area contributed by atoms with Crippen molar-refractivity contribution in [3.05, 3.63) is 42.0 Å². The number of sulfone groups is 1. The van der Waals surface area contributed by atoms with Gasteiger partial charge in [0.15, 0.2) is 20.7 Å². The van der Waals surface area contributed by atoms with Crippen LogP contribution in [0.1, 0.15) is 45.1 Å². The number of pyridine rings is 1. The Morgan fingerprint density at radius 1 is 1.13 bits per heavy atom. The van der Waals surface area contributed by atoms with Gasteiger partial charge in [-0.05, 0) is 71.8 Å². The number of carbonyl (C=O) groups is 1. The van der Waals surface area contributed by atoms with Crippen molar-refractivity contribution in [1.82, 2.24) is 19.9 Å². The summed E-state index contributed by atoms with van der Waals surface area (Å²) < 4.78 is 31.2. The van der Waals surface area contributed by atoms with Gasteiger partial charge in [-0.25, -0.2) is 18.4 Å². The molecule has 1 aliphatic heterocycles. The number of thiazole rings is 1. The molecule has 0 atom stereocenters. The molecular formula is C27H34N6O4S2. The zero-order valence-corrected chi connectivity index (χ0v) is 24.3. The number of nitrogens with one attached hydrogen (secondary N) is 1. The van der Waals surface area contributed by atoms with Crippen molar-refractivity contribution in [2.24, 2.45) is 5.10 Å². The minimum Gasteiger partial charge on any atom is -0.476 e. The Hall–Kier alpha value is -3.09. The van der Waals surface area contributed by atoms with Crippen molar-refractivity contribution in [2.45, 2.75) is 55.2 Å². The van der Waals surface area contributed by atoms with E-state index in [1.54, 1.807) is 30.3 Å². The minimum atomic E-state index is -3.31. The highest BCUT2D eigenvalue weighted by molar-refractivity contribution is 7.92. The molecule has 3 aromatic rings. The van der Waals surface area contributed by atoms with E-state index >= 15 is 0 Å². The lowest BCUT2D eigenvalue weighted by Crippen LogP contribution is -2.43. The lowest BCUT2D eigenvalue weighted by molar-refractivity contribution is -0.110. The Labute approximate surface area is 233 Å². The van der Waals surface area contributed by atoms with Crippen LogP contribution in [0.15, 0.2) is 46.4 Å². The molecular weight excluding hydrogens is 536 g/mol. The zero-order valence-electron chi connectivity index (χ0n) is 22.7. The number of nitrogens with zero attached hydrogens (tertiary/aromatic N) is 5. The smallest absolute Gasteiger partial charge is 0.278 e. The summed E-state index contributed by atoms with van der Waals surface area (Å²) in [7, 11) is 0.694. The van der Waals surface area contributed by atoms with E-state index in [2.05, 4.69) is 39.1 Å². The number of hydrogen-bond acceptors (Lipinski definition) is 10. The fourth-order valence-electron chi connectivity index (χ4n) is 4.02. The van der Waals surface area contributed by atoms with Gasteiger partial charge >= 0.3 is 0 Å². The maximum Gasteiger partial charge on any atom is 0.278 e. The monoisotopic (exact) mass is 570 g/mol. The molecule has 39 heavy (non-hydrogen) atoms. The molecule has 3 heterocycles. The molecule has 0 bridgehead atoms. The van der Waals surface area contributed by atoms with Crippen molar-refractivity contribution in [1.29, 1.82) is 0 Å². The van der Waals surface area contributed by atoms with Gasteiger partial charge in [0.25, 0.3) is 5.91 Å². The largest absolute Gasteiger partial charge is 0.476 e. The van der Waals surface area contributed by atoms with Crippen molar-refractivity contribution in [2.75, 3.05) is 39.1 Å². The van der Waals surface area contributed by atoms with Gasteiger partial charge in [-0.3, -0.25) is 15.1 Å².